The number of aryl methyl sites for hydroxylation is 1. The minimum absolute atomic E-state index is 0.484. The molecule has 0 heterocycles. The quantitative estimate of drug-likeness (QED) is 0.312. The molecule has 0 aliphatic heterocycles. The summed E-state index contributed by atoms with van der Waals surface area (Å²) in [5, 5.41) is 11.0. The molecule has 1 aromatic rings. The second-order valence-electron chi connectivity index (χ2n) is 7.45. The van der Waals surface area contributed by atoms with Gasteiger partial charge < -0.3 is 5.11 Å². The lowest BCUT2D eigenvalue weighted by Gasteiger charge is -2.35. The van der Waals surface area contributed by atoms with Crippen molar-refractivity contribution in [2.24, 2.45) is 5.92 Å². The first kappa shape index (κ1) is 17.4. The van der Waals surface area contributed by atoms with Crippen molar-refractivity contribution in [2.75, 3.05) is 0 Å². The zero-order chi connectivity index (χ0) is 16.8. The Kier molecular flexibility index (Phi) is 5.02. The Morgan fingerprint density at radius 2 is 1.75 bits per heavy atom. The number of phenols is 1. The molecule has 1 N–H and O–H groups in total. The summed E-state index contributed by atoms with van der Waals surface area (Å²) in [6.07, 6.45) is 12.4. The molecule has 0 amide bonds. The van der Waals surface area contributed by atoms with Crippen LogP contribution in [0.15, 0.2) is 23.3 Å². The van der Waals surface area contributed by atoms with E-state index < -0.39 is 0 Å². The van der Waals surface area contributed by atoms with Crippen molar-refractivity contribution >= 4 is 50.8 Å². The summed E-state index contributed by atoms with van der Waals surface area (Å²) in [5.74, 6) is 1.03. The van der Waals surface area contributed by atoms with E-state index in [-0.39, 0.29) is 0 Å². The molecule has 4 rings (SSSR count). The number of benzene rings is 1. The fourth-order valence-electron chi connectivity index (χ4n) is 4.72. The molecule has 0 spiro atoms. The third-order valence-corrected chi connectivity index (χ3v) is 8.24. The molecular weight excluding hydrogens is 522 g/mol. The van der Waals surface area contributed by atoms with Crippen LogP contribution in [0, 0.1) is 9.49 Å². The average Bonchev–Trinajstić information content (AvgIpc) is 2.58. The molecule has 2 unspecified atom stereocenters. The number of aromatic hydroxyl groups is 1. The van der Waals surface area contributed by atoms with Crippen molar-refractivity contribution < 1.29 is 5.11 Å². The van der Waals surface area contributed by atoms with Crippen molar-refractivity contribution in [2.45, 2.75) is 62.2 Å². The lowest BCUT2D eigenvalue weighted by atomic mass is 9.72. The molecule has 1 aromatic carbocycles. The maximum absolute atomic E-state index is 11.0. The summed E-state index contributed by atoms with van der Waals surface area (Å²) >= 11 is 4.92. The molecule has 1 nitrogen and oxygen atoms in total. The molecule has 0 saturated heterocycles. The molecule has 3 heteroatoms. The van der Waals surface area contributed by atoms with Gasteiger partial charge in [-0.3, -0.25) is 0 Å². The second-order valence-corrected chi connectivity index (χ2v) is 10.1. The van der Waals surface area contributed by atoms with Crippen LogP contribution in [0.5, 0.6) is 5.75 Å². The van der Waals surface area contributed by atoms with E-state index in [1.165, 1.54) is 67.2 Å². The van der Waals surface area contributed by atoms with Crippen LogP contribution < -0.4 is 0 Å². The third kappa shape index (κ3) is 2.87. The van der Waals surface area contributed by atoms with E-state index in [0.29, 0.717) is 15.6 Å². The zero-order valence-electron chi connectivity index (χ0n) is 14.2. The molecule has 0 aromatic heterocycles. The van der Waals surface area contributed by atoms with E-state index in [4.69, 9.17) is 0 Å². The van der Waals surface area contributed by atoms with Gasteiger partial charge in [-0.1, -0.05) is 35.6 Å². The first-order valence-electron chi connectivity index (χ1n) is 9.19. The van der Waals surface area contributed by atoms with Gasteiger partial charge in [-0.25, -0.2) is 0 Å². The predicted molar refractivity (Wildman–Crippen MR) is 118 cm³/mol. The highest BCUT2D eigenvalue weighted by Crippen LogP contribution is 2.50. The fourth-order valence-corrected chi connectivity index (χ4v) is 6.16. The molecule has 1 fully saturated rings. The molecule has 3 aliphatic rings. The lowest BCUT2D eigenvalue weighted by Crippen LogP contribution is -2.22. The topological polar surface area (TPSA) is 20.2 Å². The Bertz CT molecular complexity index is 745. The molecule has 128 valence electrons. The largest absolute Gasteiger partial charge is 0.506 e. The summed E-state index contributed by atoms with van der Waals surface area (Å²) in [4.78, 5) is 0. The number of phenolic OH excluding ortho intramolecular Hbond substituents is 1. The van der Waals surface area contributed by atoms with E-state index >= 15 is 0 Å². The van der Waals surface area contributed by atoms with Gasteiger partial charge in [0.15, 0.2) is 0 Å². The predicted octanol–water partition coefficient (Wildman–Crippen LogP) is 6.58. The molecular formula is C21H24I2O. The zero-order valence-corrected chi connectivity index (χ0v) is 18.5. The van der Waals surface area contributed by atoms with Crippen LogP contribution in [-0.2, 0) is 12.8 Å². The molecule has 1 saturated carbocycles. The standard InChI is InChI=1S/C21H24I2O/c1-12-17(22)10-13-6-2-4-8-15(13)19(12)20-16-9-5-3-7-14(16)11-18(23)21(20)24/h10-12,17,24H,2-9H2,1H3. The lowest BCUT2D eigenvalue weighted by molar-refractivity contribution is 0.466. The molecule has 3 aliphatic carbocycles. The Hall–Kier alpha value is -0.0400. The number of hydrogen-bond acceptors (Lipinski definition) is 1. The minimum atomic E-state index is 0.484. The smallest absolute Gasteiger partial charge is 0.136 e. The first-order chi connectivity index (χ1) is 11.6. The van der Waals surface area contributed by atoms with Crippen molar-refractivity contribution in [3.8, 4) is 5.75 Å². The number of allylic oxidation sites excluding steroid dienone is 4. The highest BCUT2D eigenvalue weighted by Gasteiger charge is 2.33. The number of hydrogen-bond donors (Lipinski definition) is 1. The van der Waals surface area contributed by atoms with Gasteiger partial charge in [0.05, 0.1) is 3.57 Å². The van der Waals surface area contributed by atoms with E-state index in [0.717, 1.165) is 9.99 Å². The number of rotatable bonds is 1. The van der Waals surface area contributed by atoms with Gasteiger partial charge in [0.25, 0.3) is 0 Å². The normalized spacial score (nSPS) is 26.7. The third-order valence-electron chi connectivity index (χ3n) is 5.97. The number of fused-ring (bicyclic) bond motifs is 2. The van der Waals surface area contributed by atoms with Gasteiger partial charge in [0.2, 0.25) is 0 Å². The van der Waals surface area contributed by atoms with Crippen LogP contribution in [0.2, 0.25) is 0 Å². The minimum Gasteiger partial charge on any atom is -0.506 e. The van der Waals surface area contributed by atoms with Crippen LogP contribution in [0.4, 0.5) is 0 Å². The van der Waals surface area contributed by atoms with Crippen molar-refractivity contribution in [3.05, 3.63) is 43.5 Å². The highest BCUT2D eigenvalue weighted by molar-refractivity contribution is 14.1. The monoisotopic (exact) mass is 546 g/mol. The van der Waals surface area contributed by atoms with Crippen molar-refractivity contribution in [1.82, 2.24) is 0 Å². The van der Waals surface area contributed by atoms with Crippen LogP contribution in [0.1, 0.15) is 62.1 Å². The van der Waals surface area contributed by atoms with E-state index in [9.17, 15) is 5.11 Å². The summed E-state index contributed by atoms with van der Waals surface area (Å²) < 4.78 is 1.56. The van der Waals surface area contributed by atoms with Crippen LogP contribution in [-0.4, -0.2) is 9.03 Å². The summed E-state index contributed by atoms with van der Waals surface area (Å²) in [6, 6.07) is 2.23. The molecule has 24 heavy (non-hydrogen) atoms. The van der Waals surface area contributed by atoms with Crippen molar-refractivity contribution in [1.29, 1.82) is 0 Å². The molecule has 0 radical (unpaired) electrons. The van der Waals surface area contributed by atoms with E-state index in [1.807, 2.05) is 0 Å². The average molecular weight is 546 g/mol. The maximum atomic E-state index is 11.0. The summed E-state index contributed by atoms with van der Waals surface area (Å²) in [7, 11) is 0. The SMILES string of the molecule is CC1C(c2c(O)c(I)cc3c2CCCC3)=C2CCCCC2=CC1I. The van der Waals surface area contributed by atoms with E-state index in [1.54, 1.807) is 11.1 Å². The van der Waals surface area contributed by atoms with Crippen LogP contribution in [0.3, 0.4) is 0 Å². The van der Waals surface area contributed by atoms with Crippen LogP contribution in [0.25, 0.3) is 5.57 Å². The number of halogens is 2. The van der Waals surface area contributed by atoms with Gasteiger partial charge >= 0.3 is 0 Å². The summed E-state index contributed by atoms with van der Waals surface area (Å²) in [5.41, 5.74) is 8.75. The van der Waals surface area contributed by atoms with Gasteiger partial charge in [-0.15, -0.1) is 0 Å². The van der Waals surface area contributed by atoms with Crippen molar-refractivity contribution in [3.63, 3.8) is 0 Å². The first-order valence-corrected chi connectivity index (χ1v) is 11.5. The highest BCUT2D eigenvalue weighted by atomic mass is 127. The summed E-state index contributed by atoms with van der Waals surface area (Å²) in [6.45, 7) is 2.36. The Morgan fingerprint density at radius 1 is 1.04 bits per heavy atom. The Labute approximate surface area is 172 Å². The molecule has 0 bridgehead atoms. The Morgan fingerprint density at radius 3 is 2.58 bits per heavy atom. The van der Waals surface area contributed by atoms with Gasteiger partial charge in [0, 0.05) is 9.49 Å². The van der Waals surface area contributed by atoms with Gasteiger partial charge in [-0.2, -0.15) is 0 Å². The van der Waals surface area contributed by atoms with Gasteiger partial charge in [0.1, 0.15) is 5.75 Å². The van der Waals surface area contributed by atoms with Crippen LogP contribution >= 0.6 is 45.2 Å². The van der Waals surface area contributed by atoms with E-state index in [2.05, 4.69) is 64.2 Å². The maximum Gasteiger partial charge on any atom is 0.136 e. The fraction of sp³-hybridized carbons (Fsp3) is 0.524. The second kappa shape index (κ2) is 6.93. The number of alkyl halides is 1. The van der Waals surface area contributed by atoms with Gasteiger partial charge in [-0.05, 0) is 114 Å². The Balaban J connectivity index is 1.98. The molecule has 2 atom stereocenters.